The number of carbonyl (C=O) groups is 1. The molecule has 0 aromatic carbocycles. The van der Waals surface area contributed by atoms with Gasteiger partial charge in [-0.2, -0.15) is 18.3 Å². The number of aryl methyl sites for hydroxylation is 1. The Morgan fingerprint density at radius 2 is 2.07 bits per heavy atom. The highest BCUT2D eigenvalue weighted by Gasteiger charge is 2.26. The Morgan fingerprint density at radius 1 is 1.32 bits per heavy atom. The lowest BCUT2D eigenvalue weighted by atomic mass is 10.2. The standard InChI is InChI=1S/C15H23F3N8O2/c1-2-28-14(27)26-25-10(19)5-3-4-6-11-21-8-7-12(23-11)24-13(20)22-9-15(16,17)18/h7-8H,2-6,9H2,1H3,(H2,19,25)(H,26,27)(H3,20,21,22,23,24). The van der Waals surface area contributed by atoms with Crippen LogP contribution in [0.1, 0.15) is 32.0 Å². The molecular weight excluding hydrogens is 381 g/mol. The van der Waals surface area contributed by atoms with Gasteiger partial charge in [0.1, 0.15) is 24.0 Å². The van der Waals surface area contributed by atoms with E-state index < -0.39 is 18.8 Å². The minimum Gasteiger partial charge on any atom is -0.449 e. The van der Waals surface area contributed by atoms with E-state index in [9.17, 15) is 18.0 Å². The van der Waals surface area contributed by atoms with Crippen LogP contribution in [0.3, 0.4) is 0 Å². The molecule has 1 aromatic rings. The Morgan fingerprint density at radius 3 is 2.75 bits per heavy atom. The normalized spacial score (nSPS) is 12.6. The monoisotopic (exact) mass is 404 g/mol. The van der Waals surface area contributed by atoms with Crippen LogP contribution in [0, 0.1) is 0 Å². The number of hydrogen-bond acceptors (Lipinski definition) is 6. The average Bonchev–Trinajstić information content (AvgIpc) is 2.62. The van der Waals surface area contributed by atoms with Crippen molar-refractivity contribution in [2.45, 2.75) is 38.8 Å². The molecule has 6 N–H and O–H groups in total. The van der Waals surface area contributed by atoms with Crippen molar-refractivity contribution in [3.8, 4) is 0 Å². The molecule has 0 aliphatic rings. The summed E-state index contributed by atoms with van der Waals surface area (Å²) in [5.74, 6) is 0.583. The second-order valence-electron chi connectivity index (χ2n) is 5.44. The summed E-state index contributed by atoms with van der Waals surface area (Å²) in [7, 11) is 0. The molecule has 0 aliphatic carbocycles. The zero-order valence-electron chi connectivity index (χ0n) is 15.3. The Labute approximate surface area is 159 Å². The van der Waals surface area contributed by atoms with Gasteiger partial charge < -0.3 is 21.5 Å². The average molecular weight is 404 g/mol. The third-order valence-corrected chi connectivity index (χ3v) is 3.04. The quantitative estimate of drug-likeness (QED) is 0.210. The van der Waals surface area contributed by atoms with E-state index in [0.717, 1.165) is 0 Å². The fourth-order valence-electron chi connectivity index (χ4n) is 1.86. The van der Waals surface area contributed by atoms with E-state index in [1.54, 1.807) is 6.92 Å². The van der Waals surface area contributed by atoms with Crippen LogP contribution in [0.2, 0.25) is 0 Å². The van der Waals surface area contributed by atoms with Crippen molar-refractivity contribution in [1.29, 1.82) is 0 Å². The molecule has 0 aliphatic heterocycles. The number of carbonyl (C=O) groups excluding carboxylic acids is 1. The number of hydrazone groups is 1. The summed E-state index contributed by atoms with van der Waals surface area (Å²) in [5, 5.41) is 6.18. The van der Waals surface area contributed by atoms with Crippen molar-refractivity contribution in [2.24, 2.45) is 21.6 Å². The molecule has 0 unspecified atom stereocenters. The number of aliphatic imine (C=N–C) groups is 1. The SMILES string of the molecule is CCOC(=O)NN=C(N)CCCCc1nccc(NC(N)=NCC(F)(F)F)n1. The Hall–Kier alpha value is -3.12. The number of rotatable bonds is 9. The molecule has 0 bridgehead atoms. The van der Waals surface area contributed by atoms with Gasteiger partial charge in [-0.05, 0) is 25.8 Å². The van der Waals surface area contributed by atoms with Crippen LogP contribution in [0.5, 0.6) is 0 Å². The van der Waals surface area contributed by atoms with Crippen molar-refractivity contribution < 1.29 is 22.7 Å². The van der Waals surface area contributed by atoms with Crippen molar-refractivity contribution in [1.82, 2.24) is 15.4 Å². The van der Waals surface area contributed by atoms with Crippen molar-refractivity contribution in [3.05, 3.63) is 18.1 Å². The maximum atomic E-state index is 12.1. The van der Waals surface area contributed by atoms with Gasteiger partial charge in [0, 0.05) is 19.0 Å². The molecule has 1 aromatic heterocycles. The lowest BCUT2D eigenvalue weighted by Crippen LogP contribution is -2.26. The summed E-state index contributed by atoms with van der Waals surface area (Å²) < 4.78 is 41.0. The van der Waals surface area contributed by atoms with Crippen molar-refractivity contribution >= 4 is 23.7 Å². The summed E-state index contributed by atoms with van der Waals surface area (Å²) in [4.78, 5) is 22.5. The summed E-state index contributed by atoms with van der Waals surface area (Å²) in [6.07, 6.45) is -1.36. The molecule has 0 fully saturated rings. The third-order valence-electron chi connectivity index (χ3n) is 3.04. The number of hydrogen-bond donors (Lipinski definition) is 4. The summed E-state index contributed by atoms with van der Waals surface area (Å²) in [6.45, 7) is 0.524. The number of nitrogens with two attached hydrogens (primary N) is 2. The summed E-state index contributed by atoms with van der Waals surface area (Å²) in [6, 6.07) is 1.46. The highest BCUT2D eigenvalue weighted by Crippen LogP contribution is 2.14. The number of ether oxygens (including phenoxy) is 1. The van der Waals surface area contributed by atoms with E-state index in [1.165, 1.54) is 12.3 Å². The van der Waals surface area contributed by atoms with Gasteiger partial charge in [0.15, 0.2) is 5.96 Å². The molecule has 0 saturated heterocycles. The van der Waals surface area contributed by atoms with E-state index in [-0.39, 0.29) is 24.2 Å². The highest BCUT2D eigenvalue weighted by atomic mass is 19.4. The van der Waals surface area contributed by atoms with Crippen LogP contribution < -0.4 is 22.2 Å². The van der Waals surface area contributed by atoms with E-state index in [0.29, 0.717) is 31.5 Å². The van der Waals surface area contributed by atoms with Crippen molar-refractivity contribution in [2.75, 3.05) is 18.5 Å². The zero-order valence-corrected chi connectivity index (χ0v) is 15.3. The second-order valence-corrected chi connectivity index (χ2v) is 5.44. The first-order chi connectivity index (χ1) is 13.2. The van der Waals surface area contributed by atoms with Gasteiger partial charge >= 0.3 is 12.3 Å². The van der Waals surface area contributed by atoms with Crippen LogP contribution >= 0.6 is 0 Å². The molecule has 1 amide bonds. The van der Waals surface area contributed by atoms with Gasteiger partial charge in [0.05, 0.1) is 6.61 Å². The molecule has 1 heterocycles. The smallest absolute Gasteiger partial charge is 0.427 e. The first kappa shape index (κ1) is 22.9. The molecule has 0 atom stereocenters. The van der Waals surface area contributed by atoms with E-state index in [2.05, 4.69) is 35.5 Å². The minimum atomic E-state index is -4.43. The minimum absolute atomic E-state index is 0.231. The largest absolute Gasteiger partial charge is 0.449 e. The number of alkyl halides is 3. The lowest BCUT2D eigenvalue weighted by Gasteiger charge is -2.07. The predicted molar refractivity (Wildman–Crippen MR) is 97.5 cm³/mol. The number of nitrogens with one attached hydrogen (secondary N) is 2. The maximum Gasteiger partial charge on any atom is 0.427 e. The van der Waals surface area contributed by atoms with E-state index in [4.69, 9.17) is 11.5 Å². The fraction of sp³-hybridized carbons (Fsp3) is 0.533. The van der Waals surface area contributed by atoms with Crippen LogP contribution in [-0.2, 0) is 11.2 Å². The van der Waals surface area contributed by atoms with E-state index in [1.807, 2.05) is 0 Å². The molecule has 156 valence electrons. The fourth-order valence-corrected chi connectivity index (χ4v) is 1.86. The topological polar surface area (TPSA) is 153 Å². The second kappa shape index (κ2) is 11.6. The lowest BCUT2D eigenvalue weighted by molar-refractivity contribution is -0.118. The molecule has 1 rings (SSSR count). The van der Waals surface area contributed by atoms with Crippen LogP contribution in [0.25, 0.3) is 0 Å². The number of amides is 1. The van der Waals surface area contributed by atoms with Gasteiger partial charge in [0.25, 0.3) is 0 Å². The molecule has 10 nitrogen and oxygen atoms in total. The number of unbranched alkanes of at least 4 members (excludes halogenated alkanes) is 1. The third kappa shape index (κ3) is 10.8. The van der Waals surface area contributed by atoms with Gasteiger partial charge in [0.2, 0.25) is 0 Å². The molecule has 0 spiro atoms. The molecular formula is C15H23F3N8O2. The molecule has 0 radical (unpaired) electrons. The van der Waals surface area contributed by atoms with E-state index >= 15 is 0 Å². The van der Waals surface area contributed by atoms with Gasteiger partial charge in [-0.1, -0.05) is 0 Å². The number of nitrogens with zero attached hydrogens (tertiary/aromatic N) is 4. The number of guanidine groups is 1. The zero-order chi connectivity index (χ0) is 21.0. The molecule has 28 heavy (non-hydrogen) atoms. The Balaban J connectivity index is 2.41. The van der Waals surface area contributed by atoms with Gasteiger partial charge in [-0.15, -0.1) is 0 Å². The van der Waals surface area contributed by atoms with Crippen LogP contribution in [0.15, 0.2) is 22.4 Å². The number of anilines is 1. The summed E-state index contributed by atoms with van der Waals surface area (Å²) in [5.41, 5.74) is 13.2. The number of aromatic nitrogens is 2. The van der Waals surface area contributed by atoms with Crippen molar-refractivity contribution in [3.63, 3.8) is 0 Å². The Kier molecular flexibility index (Phi) is 9.47. The first-order valence-corrected chi connectivity index (χ1v) is 8.40. The number of halogens is 3. The summed E-state index contributed by atoms with van der Waals surface area (Å²) >= 11 is 0. The van der Waals surface area contributed by atoms with Gasteiger partial charge in [-0.3, -0.25) is 0 Å². The van der Waals surface area contributed by atoms with Crippen LogP contribution in [-0.4, -0.2) is 47.2 Å². The first-order valence-electron chi connectivity index (χ1n) is 8.40. The molecule has 13 heteroatoms. The maximum absolute atomic E-state index is 12.1. The predicted octanol–water partition coefficient (Wildman–Crippen LogP) is 1.50. The highest BCUT2D eigenvalue weighted by molar-refractivity contribution is 5.91. The Bertz CT molecular complexity index is 694. The van der Waals surface area contributed by atoms with Crippen LogP contribution in [0.4, 0.5) is 23.8 Å². The van der Waals surface area contributed by atoms with Gasteiger partial charge in [-0.25, -0.2) is 25.2 Å². The molecule has 0 saturated carbocycles. The number of amidine groups is 1.